The Hall–Kier alpha value is -2.91. The van der Waals surface area contributed by atoms with E-state index in [4.69, 9.17) is 9.47 Å². The Bertz CT molecular complexity index is 1050. The van der Waals surface area contributed by atoms with Crippen LogP contribution in [0.25, 0.3) is 0 Å². The monoisotopic (exact) mass is 432 g/mol. The van der Waals surface area contributed by atoms with Crippen LogP contribution in [0.1, 0.15) is 35.1 Å². The van der Waals surface area contributed by atoms with Crippen molar-refractivity contribution < 1.29 is 32.2 Å². The number of nitrogens with one attached hydrogen (secondary N) is 1. The van der Waals surface area contributed by atoms with Crippen molar-refractivity contribution in [2.45, 2.75) is 43.9 Å². The summed E-state index contributed by atoms with van der Waals surface area (Å²) in [6, 6.07) is 9.94. The van der Waals surface area contributed by atoms with Crippen molar-refractivity contribution in [1.82, 2.24) is 10.2 Å². The predicted molar refractivity (Wildman–Crippen MR) is 102 cm³/mol. The summed E-state index contributed by atoms with van der Waals surface area (Å²) in [4.78, 5) is 25.9. The van der Waals surface area contributed by atoms with Gasteiger partial charge in [-0.1, -0.05) is 24.3 Å². The molecule has 0 radical (unpaired) electrons. The van der Waals surface area contributed by atoms with Crippen LogP contribution in [0, 0.1) is 0 Å². The Labute approximate surface area is 175 Å². The molecule has 3 aliphatic rings. The van der Waals surface area contributed by atoms with Crippen LogP contribution in [0.15, 0.2) is 42.5 Å². The molecule has 2 unspecified atom stereocenters. The second-order valence-corrected chi connectivity index (χ2v) is 7.93. The highest BCUT2D eigenvalue weighted by atomic mass is 19.4. The third-order valence-electron chi connectivity index (χ3n) is 6.03. The quantitative estimate of drug-likeness (QED) is 0.594. The van der Waals surface area contributed by atoms with Crippen molar-refractivity contribution in [3.05, 3.63) is 64.7 Å². The molecule has 1 spiro atoms. The van der Waals surface area contributed by atoms with E-state index in [1.54, 1.807) is 6.07 Å². The molecule has 31 heavy (non-hydrogen) atoms. The molecule has 0 saturated carbocycles. The first-order chi connectivity index (χ1) is 14.8. The fraction of sp³-hybridized carbons (Fsp3) is 0.364. The number of rotatable bonds is 4. The van der Waals surface area contributed by atoms with E-state index in [0.29, 0.717) is 30.9 Å². The van der Waals surface area contributed by atoms with Gasteiger partial charge in [-0.15, -0.1) is 0 Å². The number of fused-ring (bicyclic) bond motifs is 2. The molecule has 1 N–H and O–H groups in total. The highest BCUT2D eigenvalue weighted by Gasteiger charge is 2.60. The molecule has 2 fully saturated rings. The lowest BCUT2D eigenvalue weighted by molar-refractivity contribution is -0.140. The van der Waals surface area contributed by atoms with Crippen LogP contribution in [0.4, 0.5) is 13.2 Å². The highest BCUT2D eigenvalue weighted by Crippen LogP contribution is 2.53. The fourth-order valence-corrected chi connectivity index (χ4v) is 4.36. The van der Waals surface area contributed by atoms with Gasteiger partial charge in [-0.2, -0.15) is 13.2 Å². The van der Waals surface area contributed by atoms with E-state index in [9.17, 15) is 22.8 Å². The molecule has 0 aliphatic carbocycles. The van der Waals surface area contributed by atoms with E-state index in [0.717, 1.165) is 23.3 Å². The number of ether oxygens (including phenoxy) is 2. The van der Waals surface area contributed by atoms with Gasteiger partial charge in [0.1, 0.15) is 12.4 Å². The first-order valence-electron chi connectivity index (χ1n) is 9.94. The number of carbonyl (C=O) groups is 2. The third-order valence-corrected chi connectivity index (χ3v) is 6.03. The molecular weight excluding hydrogens is 413 g/mol. The maximum absolute atomic E-state index is 12.7. The molecule has 162 valence electrons. The molecule has 5 rings (SSSR count). The first kappa shape index (κ1) is 20.0. The zero-order chi connectivity index (χ0) is 21.8. The fourth-order valence-electron chi connectivity index (χ4n) is 4.36. The number of hydrogen-bond acceptors (Lipinski definition) is 5. The van der Waals surface area contributed by atoms with E-state index >= 15 is 0 Å². The predicted octanol–water partition coefficient (Wildman–Crippen LogP) is 3.09. The zero-order valence-corrected chi connectivity index (χ0v) is 16.4. The lowest BCUT2D eigenvalue weighted by Crippen LogP contribution is -2.53. The zero-order valence-electron chi connectivity index (χ0n) is 16.4. The van der Waals surface area contributed by atoms with Crippen LogP contribution in [0.2, 0.25) is 0 Å². The van der Waals surface area contributed by atoms with Gasteiger partial charge >= 0.3 is 6.18 Å². The maximum Gasteiger partial charge on any atom is 0.416 e. The Balaban J connectivity index is 1.35. The van der Waals surface area contributed by atoms with Gasteiger partial charge in [-0.3, -0.25) is 19.8 Å². The Morgan fingerprint density at radius 2 is 1.90 bits per heavy atom. The summed E-state index contributed by atoms with van der Waals surface area (Å²) in [7, 11) is 0. The molecule has 0 bridgehead atoms. The van der Waals surface area contributed by atoms with Gasteiger partial charge < -0.3 is 9.47 Å². The number of epoxide rings is 1. The number of alkyl halides is 3. The average molecular weight is 432 g/mol. The molecule has 3 heterocycles. The SMILES string of the molecule is O=C1CCC(N2Cc3c(OCc4ccc(C(F)(F)F)cc4)cccc3C23CO3)C(=O)N1. The first-order valence-corrected chi connectivity index (χ1v) is 9.94. The normalized spacial score (nSPS) is 25.5. The van der Waals surface area contributed by atoms with Crippen molar-refractivity contribution in [2.75, 3.05) is 6.61 Å². The number of hydrogen-bond donors (Lipinski definition) is 1. The summed E-state index contributed by atoms with van der Waals surface area (Å²) in [5.41, 5.74) is 1.03. The van der Waals surface area contributed by atoms with Gasteiger partial charge in [0.25, 0.3) is 0 Å². The van der Waals surface area contributed by atoms with Crippen molar-refractivity contribution >= 4 is 11.8 Å². The molecule has 2 atom stereocenters. The van der Waals surface area contributed by atoms with E-state index in [1.807, 2.05) is 17.0 Å². The Morgan fingerprint density at radius 1 is 1.16 bits per heavy atom. The lowest BCUT2D eigenvalue weighted by Gasteiger charge is -2.32. The van der Waals surface area contributed by atoms with E-state index in [2.05, 4.69) is 5.32 Å². The number of halogens is 3. The molecule has 2 aromatic rings. The number of nitrogens with zero attached hydrogens (tertiary/aromatic N) is 1. The lowest BCUT2D eigenvalue weighted by atomic mass is 10.0. The van der Waals surface area contributed by atoms with Crippen LogP contribution in [-0.2, 0) is 39.4 Å². The van der Waals surface area contributed by atoms with Crippen molar-refractivity contribution in [3.8, 4) is 5.75 Å². The molecule has 6 nitrogen and oxygen atoms in total. The van der Waals surface area contributed by atoms with Crippen LogP contribution in [-0.4, -0.2) is 29.4 Å². The molecular formula is C22H19F3N2O4. The second-order valence-electron chi connectivity index (χ2n) is 7.93. The molecule has 2 amide bonds. The van der Waals surface area contributed by atoms with Crippen LogP contribution in [0.5, 0.6) is 5.75 Å². The molecule has 2 saturated heterocycles. The number of imide groups is 1. The summed E-state index contributed by atoms with van der Waals surface area (Å²) >= 11 is 0. The van der Waals surface area contributed by atoms with Crippen molar-refractivity contribution in [2.24, 2.45) is 0 Å². The average Bonchev–Trinajstić information content (AvgIpc) is 3.45. The van der Waals surface area contributed by atoms with Gasteiger partial charge in [-0.05, 0) is 30.2 Å². The Morgan fingerprint density at radius 3 is 2.55 bits per heavy atom. The maximum atomic E-state index is 12.7. The largest absolute Gasteiger partial charge is 0.489 e. The standard InChI is InChI=1S/C22H19F3N2O4/c23-22(24,25)14-6-4-13(5-7-14)11-30-18-3-1-2-16-15(18)10-27(21(16)12-31-21)17-8-9-19(28)26-20(17)29/h1-7,17H,8-12H2,(H,26,28,29). The second kappa shape index (κ2) is 7.06. The van der Waals surface area contributed by atoms with Crippen LogP contribution < -0.4 is 10.1 Å². The minimum absolute atomic E-state index is 0.112. The minimum atomic E-state index is -4.38. The minimum Gasteiger partial charge on any atom is -0.489 e. The molecule has 3 aliphatic heterocycles. The van der Waals surface area contributed by atoms with Gasteiger partial charge in [0.15, 0.2) is 5.72 Å². The van der Waals surface area contributed by atoms with Gasteiger partial charge in [0.2, 0.25) is 11.8 Å². The summed E-state index contributed by atoms with van der Waals surface area (Å²) in [5.74, 6) is -0.00230. The summed E-state index contributed by atoms with van der Waals surface area (Å²) in [6.07, 6.45) is -3.68. The van der Waals surface area contributed by atoms with Crippen molar-refractivity contribution in [1.29, 1.82) is 0 Å². The topological polar surface area (TPSA) is 71.2 Å². The molecule has 2 aromatic carbocycles. The van der Waals surface area contributed by atoms with Crippen LogP contribution in [0.3, 0.4) is 0 Å². The molecule has 9 heteroatoms. The summed E-state index contributed by atoms with van der Waals surface area (Å²) in [6.45, 7) is 0.978. The highest BCUT2D eigenvalue weighted by molar-refractivity contribution is 6.00. The van der Waals surface area contributed by atoms with E-state index in [-0.39, 0.29) is 24.8 Å². The van der Waals surface area contributed by atoms with Crippen molar-refractivity contribution in [3.63, 3.8) is 0 Å². The number of amides is 2. The number of carbonyl (C=O) groups excluding carboxylic acids is 2. The molecule has 0 aromatic heterocycles. The Kier molecular flexibility index (Phi) is 4.56. The summed E-state index contributed by atoms with van der Waals surface area (Å²) in [5, 5.41) is 2.39. The number of piperidine rings is 1. The van der Waals surface area contributed by atoms with Crippen LogP contribution >= 0.6 is 0 Å². The summed E-state index contributed by atoms with van der Waals surface area (Å²) < 4.78 is 50.0. The van der Waals surface area contributed by atoms with E-state index in [1.165, 1.54) is 12.1 Å². The van der Waals surface area contributed by atoms with Gasteiger partial charge in [0.05, 0.1) is 18.2 Å². The van der Waals surface area contributed by atoms with Gasteiger partial charge in [-0.25, -0.2) is 0 Å². The smallest absolute Gasteiger partial charge is 0.416 e. The number of benzene rings is 2. The third kappa shape index (κ3) is 3.47. The van der Waals surface area contributed by atoms with E-state index < -0.39 is 23.5 Å². The van der Waals surface area contributed by atoms with Gasteiger partial charge in [0, 0.05) is 24.1 Å².